The predicted molar refractivity (Wildman–Crippen MR) is 70.9 cm³/mol. The zero-order valence-electron chi connectivity index (χ0n) is 10.3. The maximum Gasteiger partial charge on any atom is 0.253 e. The first kappa shape index (κ1) is 15.7. The van der Waals surface area contributed by atoms with Gasteiger partial charge in [0, 0.05) is 25.2 Å². The molecule has 1 rings (SSSR count). The van der Waals surface area contributed by atoms with Crippen molar-refractivity contribution >= 4 is 18.3 Å². The Labute approximate surface area is 108 Å². The van der Waals surface area contributed by atoms with Crippen molar-refractivity contribution in [3.05, 3.63) is 29.8 Å². The average molecular weight is 259 g/mol. The van der Waals surface area contributed by atoms with Crippen molar-refractivity contribution in [3.63, 3.8) is 0 Å². The topological polar surface area (TPSA) is 55.6 Å². The third kappa shape index (κ3) is 3.91. The first-order chi connectivity index (χ1) is 7.60. The van der Waals surface area contributed by atoms with Gasteiger partial charge in [0.15, 0.2) is 0 Å². The molecule has 1 unspecified atom stereocenters. The molecule has 0 aliphatic carbocycles. The minimum Gasteiger partial charge on any atom is -0.497 e. The Bertz CT molecular complexity index is 354. The average Bonchev–Trinajstić information content (AvgIpc) is 2.36. The van der Waals surface area contributed by atoms with Crippen LogP contribution in [0.1, 0.15) is 17.3 Å². The number of methoxy groups -OCH3 is 1. The molecule has 1 aromatic carbocycles. The van der Waals surface area contributed by atoms with E-state index in [0.29, 0.717) is 12.1 Å². The first-order valence-electron chi connectivity index (χ1n) is 5.21. The van der Waals surface area contributed by atoms with Gasteiger partial charge in [0.2, 0.25) is 0 Å². The molecule has 0 aromatic heterocycles. The van der Waals surface area contributed by atoms with Crippen molar-refractivity contribution in [2.75, 3.05) is 20.7 Å². The van der Waals surface area contributed by atoms with Crippen molar-refractivity contribution in [1.82, 2.24) is 4.90 Å². The summed E-state index contributed by atoms with van der Waals surface area (Å²) in [4.78, 5) is 13.6. The largest absolute Gasteiger partial charge is 0.497 e. The molecular weight excluding hydrogens is 240 g/mol. The summed E-state index contributed by atoms with van der Waals surface area (Å²) in [7, 11) is 3.35. The Morgan fingerprint density at radius 3 is 2.35 bits per heavy atom. The van der Waals surface area contributed by atoms with E-state index >= 15 is 0 Å². The van der Waals surface area contributed by atoms with Gasteiger partial charge >= 0.3 is 0 Å². The van der Waals surface area contributed by atoms with Gasteiger partial charge in [-0.3, -0.25) is 4.79 Å². The molecule has 2 N–H and O–H groups in total. The van der Waals surface area contributed by atoms with Crippen LogP contribution in [-0.4, -0.2) is 37.6 Å². The summed E-state index contributed by atoms with van der Waals surface area (Å²) in [6.07, 6.45) is 0. The second kappa shape index (κ2) is 7.14. The van der Waals surface area contributed by atoms with E-state index in [1.807, 2.05) is 6.92 Å². The molecule has 1 aromatic rings. The van der Waals surface area contributed by atoms with E-state index in [1.165, 1.54) is 0 Å². The summed E-state index contributed by atoms with van der Waals surface area (Å²) in [5.74, 6) is 0.715. The molecule has 0 radical (unpaired) electrons. The van der Waals surface area contributed by atoms with Gasteiger partial charge in [0.1, 0.15) is 5.75 Å². The number of benzene rings is 1. The Hall–Kier alpha value is -1.26. The summed E-state index contributed by atoms with van der Waals surface area (Å²) in [6, 6.07) is 7.08. The van der Waals surface area contributed by atoms with Gasteiger partial charge < -0.3 is 15.4 Å². The number of ether oxygens (including phenoxy) is 1. The number of carbonyl (C=O) groups is 1. The van der Waals surface area contributed by atoms with Crippen LogP contribution in [0.3, 0.4) is 0 Å². The molecule has 0 heterocycles. The number of hydrogen-bond acceptors (Lipinski definition) is 3. The summed E-state index contributed by atoms with van der Waals surface area (Å²) >= 11 is 0. The Morgan fingerprint density at radius 1 is 1.41 bits per heavy atom. The smallest absolute Gasteiger partial charge is 0.253 e. The second-order valence-corrected chi connectivity index (χ2v) is 3.73. The zero-order chi connectivity index (χ0) is 12.1. The van der Waals surface area contributed by atoms with E-state index in [1.54, 1.807) is 43.3 Å². The monoisotopic (exact) mass is 258 g/mol. The van der Waals surface area contributed by atoms with E-state index in [-0.39, 0.29) is 24.4 Å². The molecule has 1 atom stereocenters. The van der Waals surface area contributed by atoms with Crippen LogP contribution in [0.2, 0.25) is 0 Å². The van der Waals surface area contributed by atoms with Gasteiger partial charge in [-0.05, 0) is 31.2 Å². The lowest BCUT2D eigenvalue weighted by atomic mass is 10.1. The fraction of sp³-hybridized carbons (Fsp3) is 0.417. The highest BCUT2D eigenvalue weighted by Gasteiger charge is 2.15. The van der Waals surface area contributed by atoms with Crippen LogP contribution in [0.5, 0.6) is 5.75 Å². The second-order valence-electron chi connectivity index (χ2n) is 3.73. The van der Waals surface area contributed by atoms with E-state index in [0.717, 1.165) is 5.75 Å². The molecule has 0 bridgehead atoms. The van der Waals surface area contributed by atoms with Gasteiger partial charge in [0.25, 0.3) is 5.91 Å². The van der Waals surface area contributed by atoms with Crippen LogP contribution in [0.25, 0.3) is 0 Å². The molecule has 5 heteroatoms. The number of halogens is 1. The van der Waals surface area contributed by atoms with Crippen LogP contribution in [0.4, 0.5) is 0 Å². The summed E-state index contributed by atoms with van der Waals surface area (Å²) in [5.41, 5.74) is 6.16. The predicted octanol–water partition coefficient (Wildman–Crippen LogP) is 1.54. The van der Waals surface area contributed by atoms with E-state index < -0.39 is 0 Å². The molecule has 1 amide bonds. The molecular formula is C12H19ClN2O2. The minimum atomic E-state index is -0.0272. The third-order valence-electron chi connectivity index (χ3n) is 2.66. The molecule has 0 spiro atoms. The van der Waals surface area contributed by atoms with E-state index in [2.05, 4.69) is 0 Å². The highest BCUT2D eigenvalue weighted by Crippen LogP contribution is 2.13. The maximum atomic E-state index is 12.0. The maximum absolute atomic E-state index is 12.0. The number of carbonyl (C=O) groups excluding carboxylic acids is 1. The fourth-order valence-corrected chi connectivity index (χ4v) is 1.30. The van der Waals surface area contributed by atoms with Crippen LogP contribution in [0.15, 0.2) is 24.3 Å². The normalized spacial score (nSPS) is 11.3. The third-order valence-corrected chi connectivity index (χ3v) is 2.66. The minimum absolute atomic E-state index is 0. The van der Waals surface area contributed by atoms with Crippen molar-refractivity contribution in [2.45, 2.75) is 13.0 Å². The first-order valence-corrected chi connectivity index (χ1v) is 5.21. The van der Waals surface area contributed by atoms with Crippen LogP contribution >= 0.6 is 12.4 Å². The number of rotatable bonds is 4. The Morgan fingerprint density at radius 2 is 1.94 bits per heavy atom. The fourth-order valence-electron chi connectivity index (χ4n) is 1.30. The van der Waals surface area contributed by atoms with Crippen molar-refractivity contribution in [3.8, 4) is 5.75 Å². The van der Waals surface area contributed by atoms with Crippen molar-refractivity contribution in [2.24, 2.45) is 5.73 Å². The van der Waals surface area contributed by atoms with Crippen LogP contribution < -0.4 is 10.5 Å². The summed E-state index contributed by atoms with van der Waals surface area (Å²) in [6.45, 7) is 2.37. The van der Waals surface area contributed by atoms with Gasteiger partial charge in [-0.2, -0.15) is 0 Å². The quantitative estimate of drug-likeness (QED) is 0.891. The van der Waals surface area contributed by atoms with Crippen molar-refractivity contribution in [1.29, 1.82) is 0 Å². The SMILES string of the molecule is COc1ccc(C(=O)N(C)C(C)CN)cc1.Cl. The van der Waals surface area contributed by atoms with Crippen LogP contribution in [-0.2, 0) is 0 Å². The van der Waals surface area contributed by atoms with Gasteiger partial charge in [-0.15, -0.1) is 12.4 Å². The molecule has 17 heavy (non-hydrogen) atoms. The molecule has 0 aliphatic heterocycles. The molecule has 0 fully saturated rings. The molecule has 0 aliphatic rings. The van der Waals surface area contributed by atoms with Gasteiger partial charge in [0.05, 0.1) is 7.11 Å². The molecule has 4 nitrogen and oxygen atoms in total. The number of nitrogens with two attached hydrogens (primary N) is 1. The standard InChI is InChI=1S/C12H18N2O2.ClH/c1-9(8-13)14(2)12(15)10-4-6-11(16-3)7-5-10;/h4-7,9H,8,13H2,1-3H3;1H. The number of hydrogen-bond donors (Lipinski definition) is 1. The highest BCUT2D eigenvalue weighted by molar-refractivity contribution is 5.94. The molecule has 0 saturated heterocycles. The zero-order valence-corrected chi connectivity index (χ0v) is 11.2. The summed E-state index contributed by atoms with van der Waals surface area (Å²) in [5, 5.41) is 0. The van der Waals surface area contributed by atoms with Gasteiger partial charge in [-0.1, -0.05) is 0 Å². The lowest BCUT2D eigenvalue weighted by Gasteiger charge is -2.23. The Balaban J connectivity index is 0.00000256. The lowest BCUT2D eigenvalue weighted by molar-refractivity contribution is 0.0748. The molecule has 96 valence electrons. The lowest BCUT2D eigenvalue weighted by Crippen LogP contribution is -2.39. The Kier molecular flexibility index (Phi) is 6.61. The number of amides is 1. The van der Waals surface area contributed by atoms with E-state index in [9.17, 15) is 4.79 Å². The van der Waals surface area contributed by atoms with Crippen LogP contribution in [0, 0.1) is 0 Å². The highest BCUT2D eigenvalue weighted by atomic mass is 35.5. The number of nitrogens with zero attached hydrogens (tertiary/aromatic N) is 1. The molecule has 0 saturated carbocycles. The number of likely N-dealkylation sites (N-methyl/N-ethyl adjacent to an activating group) is 1. The van der Waals surface area contributed by atoms with Gasteiger partial charge in [-0.25, -0.2) is 0 Å². The summed E-state index contributed by atoms with van der Waals surface area (Å²) < 4.78 is 5.03. The van der Waals surface area contributed by atoms with E-state index in [4.69, 9.17) is 10.5 Å². The van der Waals surface area contributed by atoms with Crippen molar-refractivity contribution < 1.29 is 9.53 Å².